The van der Waals surface area contributed by atoms with Crippen molar-refractivity contribution in [2.45, 2.75) is 124 Å². The van der Waals surface area contributed by atoms with Crippen LogP contribution in [0.1, 0.15) is 101 Å². The van der Waals surface area contributed by atoms with Crippen LogP contribution in [-0.4, -0.2) is 117 Å². The highest BCUT2D eigenvalue weighted by molar-refractivity contribution is 5.98. The number of fused-ring (bicyclic) bond motifs is 5. The van der Waals surface area contributed by atoms with Crippen molar-refractivity contribution in [3.63, 3.8) is 0 Å². The predicted octanol–water partition coefficient (Wildman–Crippen LogP) is 4.44. The van der Waals surface area contributed by atoms with Gasteiger partial charge in [0.25, 0.3) is 5.56 Å². The lowest BCUT2D eigenvalue weighted by Gasteiger charge is -2.31. The molecule has 7 N–H and O–H groups in total. The maximum Gasteiger partial charge on any atom is 0.415 e. The molecule has 0 fully saturated rings. The molecule has 388 valence electrons. The predicted molar refractivity (Wildman–Crippen MR) is 268 cm³/mol. The van der Waals surface area contributed by atoms with E-state index in [0.717, 1.165) is 16.5 Å². The summed E-state index contributed by atoms with van der Waals surface area (Å²) in [6, 6.07) is 11.6. The summed E-state index contributed by atoms with van der Waals surface area (Å²) in [5.41, 5.74) is 8.40. The first kappa shape index (κ1) is 54.6. The zero-order chi connectivity index (χ0) is 52.6. The van der Waals surface area contributed by atoms with Crippen LogP contribution in [0.4, 0.5) is 15.3 Å². The molecule has 2 aromatic heterocycles. The van der Waals surface area contributed by atoms with E-state index in [1.807, 2.05) is 20.8 Å². The number of benzene rings is 2. The molecule has 2 aromatic carbocycles. The van der Waals surface area contributed by atoms with Crippen molar-refractivity contribution < 1.29 is 53.2 Å². The lowest BCUT2D eigenvalue weighted by molar-refractivity contribution is -0.172. The number of nitrogens with zero attached hydrogens (tertiary/aromatic N) is 4. The van der Waals surface area contributed by atoms with Crippen LogP contribution in [0.2, 0.25) is 0 Å². The van der Waals surface area contributed by atoms with Crippen molar-refractivity contribution in [3.8, 4) is 17.1 Å². The number of aromatic nitrogens is 2. The summed E-state index contributed by atoms with van der Waals surface area (Å²) in [5.74, 6) is -1.85. The van der Waals surface area contributed by atoms with Gasteiger partial charge in [-0.1, -0.05) is 53.7 Å². The molecule has 20 nitrogen and oxygen atoms in total. The average molecular weight is 997 g/mol. The molecule has 0 saturated carbocycles. The molecule has 2 aliphatic heterocycles. The van der Waals surface area contributed by atoms with E-state index in [-0.39, 0.29) is 98.6 Å². The van der Waals surface area contributed by atoms with Gasteiger partial charge in [0.1, 0.15) is 37.0 Å². The number of anilines is 1. The molecule has 4 heterocycles. The summed E-state index contributed by atoms with van der Waals surface area (Å²) in [6.07, 6.45) is -0.728. The molecule has 0 saturated heterocycles. The van der Waals surface area contributed by atoms with Crippen molar-refractivity contribution >= 4 is 52.3 Å². The number of aliphatic hydroxyl groups excluding tert-OH is 1. The number of nitrogens with two attached hydrogens (primary N) is 1. The van der Waals surface area contributed by atoms with Crippen molar-refractivity contribution in [1.82, 2.24) is 30.0 Å². The molecular formula is C52H68N8O12. The van der Waals surface area contributed by atoms with Crippen molar-refractivity contribution in [2.24, 2.45) is 17.6 Å². The minimum atomic E-state index is -1.94. The maximum absolute atomic E-state index is 13.7. The van der Waals surface area contributed by atoms with E-state index in [1.54, 1.807) is 80.9 Å². The van der Waals surface area contributed by atoms with Crippen LogP contribution in [0.25, 0.3) is 22.3 Å². The fraction of sp³-hybridized carbons (Fsp3) is 0.500. The Balaban J connectivity index is 0.991. The van der Waals surface area contributed by atoms with Gasteiger partial charge in [0.15, 0.2) is 5.60 Å². The van der Waals surface area contributed by atoms with Crippen molar-refractivity contribution in [2.75, 3.05) is 39.0 Å². The maximum atomic E-state index is 13.7. The number of hydrogen-bond donors (Lipinski definition) is 6. The van der Waals surface area contributed by atoms with Gasteiger partial charge in [-0.05, 0) is 92.1 Å². The monoisotopic (exact) mass is 996 g/mol. The molecule has 1 unspecified atom stereocenters. The number of amides is 4. The highest BCUT2D eigenvalue weighted by Crippen LogP contribution is 2.41. The Hall–Kier alpha value is -6.74. The number of esters is 1. The molecule has 20 heteroatoms. The van der Waals surface area contributed by atoms with Crippen LogP contribution < -0.4 is 32.0 Å². The van der Waals surface area contributed by atoms with E-state index >= 15 is 0 Å². The number of likely N-dealkylation sites (N-methyl/N-ethyl adjacent to an activating group) is 2. The van der Waals surface area contributed by atoms with Crippen LogP contribution in [0, 0.1) is 11.8 Å². The third kappa shape index (κ3) is 12.3. The van der Waals surface area contributed by atoms with Crippen LogP contribution in [0.15, 0.2) is 53.3 Å². The molecule has 0 spiro atoms. The summed E-state index contributed by atoms with van der Waals surface area (Å²) < 4.78 is 18.0. The number of aryl methyl sites for hydroxylation is 1. The summed E-state index contributed by atoms with van der Waals surface area (Å²) in [7, 11) is 3.08. The lowest BCUT2D eigenvalue weighted by Crippen LogP contribution is -2.55. The molecule has 0 aliphatic carbocycles. The molecule has 4 atom stereocenters. The van der Waals surface area contributed by atoms with Crippen LogP contribution >= 0.6 is 0 Å². The van der Waals surface area contributed by atoms with Crippen molar-refractivity contribution in [1.29, 1.82) is 0 Å². The van der Waals surface area contributed by atoms with Gasteiger partial charge in [0.05, 0.1) is 35.1 Å². The number of ketones is 1. The van der Waals surface area contributed by atoms with E-state index in [1.165, 1.54) is 16.8 Å². The number of carbonyl (C=O) groups excluding carboxylic acids is 6. The number of pyridine rings is 2. The van der Waals surface area contributed by atoms with E-state index in [2.05, 4.69) is 16.0 Å². The summed E-state index contributed by atoms with van der Waals surface area (Å²) in [4.78, 5) is 99.0. The molecular weight excluding hydrogens is 929 g/mol. The second-order valence-corrected chi connectivity index (χ2v) is 19.1. The Morgan fingerprint density at radius 3 is 2.26 bits per heavy atom. The number of carbonyl (C=O) groups is 6. The van der Waals surface area contributed by atoms with E-state index < -0.39 is 53.9 Å². The summed E-state index contributed by atoms with van der Waals surface area (Å²) in [5, 5.41) is 31.1. The van der Waals surface area contributed by atoms with Gasteiger partial charge in [-0.15, -0.1) is 0 Å². The Labute approximate surface area is 418 Å². The van der Waals surface area contributed by atoms with Gasteiger partial charge in [0.2, 0.25) is 11.8 Å². The standard InChI is InChI=1S/C52H68N8O12/c1-9-34-35-24-33(17-18-39(35)55-45-36(34)26-60-41(45)25-38-37(48(60)65)28-70-49(66)52(38,69)10-2)72-51(68)59(8)23-22-58(7)50(67)71-27-31-13-15-32(16-14-31)54-46(63)40(12-11-21-53)56-47(64)44(30(5)6)57-43(62)20-19-42(61)29(3)4/h13-18,24-25,29-30,40,43-44,57,62,69H,9-12,19-23,26-28,53H2,1-8H3,(H,54,63)(H,56,64)/t40-,43?,44-,52-/m0/s1. The second-order valence-electron chi connectivity index (χ2n) is 19.1. The fourth-order valence-electron chi connectivity index (χ4n) is 8.72. The van der Waals surface area contributed by atoms with E-state index in [0.29, 0.717) is 47.5 Å². The van der Waals surface area contributed by atoms with E-state index in [9.17, 15) is 43.8 Å². The topological polar surface area (TPSA) is 274 Å². The first-order valence-corrected chi connectivity index (χ1v) is 24.5. The molecule has 6 rings (SSSR count). The number of rotatable bonds is 22. The van der Waals surface area contributed by atoms with Gasteiger partial charge in [0, 0.05) is 61.7 Å². The molecule has 4 aromatic rings. The summed E-state index contributed by atoms with van der Waals surface area (Å²) >= 11 is 0. The SMILES string of the molecule is CCc1c2c(nc3ccc(OC(=O)N(C)CCN(C)C(=O)OCc4ccc(NC(=O)[C@H](CCCN)NC(=O)[C@@H](NC(O)CCC(=O)C(C)C)C(C)C)cc4)cc13)-c1cc3c(c(=O)n1C2)COC(=O)[C@]3(O)CC. The number of nitrogens with one attached hydrogen (secondary N) is 3. The number of cyclic esters (lactones) is 1. The van der Waals surface area contributed by atoms with Crippen molar-refractivity contribution in [3.05, 3.63) is 86.7 Å². The Bertz CT molecular complexity index is 2740. The van der Waals surface area contributed by atoms with E-state index in [4.69, 9.17) is 24.9 Å². The van der Waals surface area contributed by atoms with Gasteiger partial charge in [-0.3, -0.25) is 24.5 Å². The zero-order valence-corrected chi connectivity index (χ0v) is 42.3. The lowest BCUT2D eigenvalue weighted by atomic mass is 9.86. The first-order chi connectivity index (χ1) is 34.2. The normalized spacial score (nSPS) is 16.0. The smallest absolute Gasteiger partial charge is 0.415 e. The third-order valence-corrected chi connectivity index (χ3v) is 13.3. The average Bonchev–Trinajstić information content (AvgIpc) is 3.73. The molecule has 2 aliphatic rings. The van der Waals surface area contributed by atoms with Gasteiger partial charge < -0.3 is 55.2 Å². The molecule has 0 bridgehead atoms. The van der Waals surface area contributed by atoms with Crippen LogP contribution in [-0.2, 0) is 60.4 Å². The van der Waals surface area contributed by atoms with Crippen LogP contribution in [0.5, 0.6) is 5.75 Å². The number of Topliss-reactive ketones (excluding diaryl/α,β-unsaturated/α-hetero) is 1. The molecule has 72 heavy (non-hydrogen) atoms. The minimum absolute atomic E-state index is 0.00989. The van der Waals surface area contributed by atoms with Gasteiger partial charge >= 0.3 is 18.2 Å². The molecule has 0 radical (unpaired) electrons. The molecule has 4 amide bonds. The highest BCUT2D eigenvalue weighted by atomic mass is 16.6. The van der Waals surface area contributed by atoms with Gasteiger partial charge in [-0.2, -0.15) is 0 Å². The minimum Gasteiger partial charge on any atom is -0.458 e. The summed E-state index contributed by atoms with van der Waals surface area (Å²) in [6.45, 7) is 11.3. The Morgan fingerprint density at radius 2 is 1.62 bits per heavy atom. The highest BCUT2D eigenvalue weighted by Gasteiger charge is 2.45. The Kier molecular flexibility index (Phi) is 17.9. The quantitative estimate of drug-likeness (QED) is 0.0413. The first-order valence-electron chi connectivity index (χ1n) is 24.5. The van der Waals surface area contributed by atoms with Crippen LogP contribution in [0.3, 0.4) is 0 Å². The zero-order valence-electron chi connectivity index (χ0n) is 42.3. The second kappa shape index (κ2) is 23.7. The number of ether oxygens (including phenoxy) is 3. The Morgan fingerprint density at radius 1 is 0.931 bits per heavy atom. The number of hydrogen-bond acceptors (Lipinski definition) is 15. The largest absolute Gasteiger partial charge is 0.458 e. The van der Waals surface area contributed by atoms with Gasteiger partial charge in [-0.25, -0.2) is 19.4 Å². The third-order valence-electron chi connectivity index (χ3n) is 13.3. The number of aliphatic hydroxyl groups is 2. The fourth-order valence-corrected chi connectivity index (χ4v) is 8.72.